The standard InChI is InChI=1S/C17H26ClFN2/c1-4-12(3)17-11-21(14(5-2)9-20-17)10-13-6-7-16(19)15(18)8-13/h6-8,12,14,17,20H,4-5,9-11H2,1-3H3. The molecule has 1 saturated heterocycles. The van der Waals surface area contributed by atoms with Crippen LogP contribution in [0.3, 0.4) is 0 Å². The molecule has 3 atom stereocenters. The molecular formula is C17H26ClFN2. The molecule has 0 aromatic heterocycles. The zero-order chi connectivity index (χ0) is 15.4. The first-order valence-electron chi connectivity index (χ1n) is 7.96. The molecule has 1 heterocycles. The van der Waals surface area contributed by atoms with E-state index in [9.17, 15) is 4.39 Å². The van der Waals surface area contributed by atoms with Crippen molar-refractivity contribution in [2.24, 2.45) is 5.92 Å². The average molecular weight is 313 g/mol. The van der Waals surface area contributed by atoms with Gasteiger partial charge in [-0.15, -0.1) is 0 Å². The third-order valence-corrected chi connectivity index (χ3v) is 5.02. The number of halogens is 2. The van der Waals surface area contributed by atoms with E-state index in [2.05, 4.69) is 31.0 Å². The van der Waals surface area contributed by atoms with Gasteiger partial charge in [0, 0.05) is 31.7 Å². The van der Waals surface area contributed by atoms with Crippen molar-refractivity contribution in [3.05, 3.63) is 34.6 Å². The van der Waals surface area contributed by atoms with Crippen LogP contribution in [-0.4, -0.2) is 30.1 Å². The van der Waals surface area contributed by atoms with E-state index in [-0.39, 0.29) is 10.8 Å². The van der Waals surface area contributed by atoms with Crippen LogP contribution in [0.4, 0.5) is 4.39 Å². The minimum absolute atomic E-state index is 0.217. The second-order valence-corrected chi connectivity index (χ2v) is 6.55. The third kappa shape index (κ3) is 4.18. The van der Waals surface area contributed by atoms with Crippen LogP contribution in [0.2, 0.25) is 5.02 Å². The molecule has 3 unspecified atom stereocenters. The smallest absolute Gasteiger partial charge is 0.141 e. The highest BCUT2D eigenvalue weighted by molar-refractivity contribution is 6.30. The Balaban J connectivity index is 2.08. The van der Waals surface area contributed by atoms with E-state index >= 15 is 0 Å². The van der Waals surface area contributed by atoms with Crippen LogP contribution in [0.1, 0.15) is 39.2 Å². The Labute approximate surface area is 132 Å². The summed E-state index contributed by atoms with van der Waals surface area (Å²) in [5.41, 5.74) is 1.09. The van der Waals surface area contributed by atoms with Crippen molar-refractivity contribution in [3.63, 3.8) is 0 Å². The molecule has 1 aromatic carbocycles. The molecule has 0 bridgehead atoms. The number of hydrogen-bond donors (Lipinski definition) is 1. The Bertz CT molecular complexity index is 466. The second-order valence-electron chi connectivity index (χ2n) is 6.14. The van der Waals surface area contributed by atoms with Crippen molar-refractivity contribution in [1.29, 1.82) is 0 Å². The molecule has 4 heteroatoms. The van der Waals surface area contributed by atoms with Crippen LogP contribution in [0, 0.1) is 11.7 Å². The molecule has 0 saturated carbocycles. The van der Waals surface area contributed by atoms with Crippen LogP contribution >= 0.6 is 11.6 Å². The topological polar surface area (TPSA) is 15.3 Å². The summed E-state index contributed by atoms with van der Waals surface area (Å²) in [4.78, 5) is 2.51. The van der Waals surface area contributed by atoms with E-state index in [0.29, 0.717) is 18.0 Å². The first kappa shape index (κ1) is 16.7. The van der Waals surface area contributed by atoms with E-state index in [4.69, 9.17) is 11.6 Å². The van der Waals surface area contributed by atoms with Crippen LogP contribution in [0.5, 0.6) is 0 Å². The number of nitrogens with one attached hydrogen (secondary N) is 1. The monoisotopic (exact) mass is 312 g/mol. The van der Waals surface area contributed by atoms with Gasteiger partial charge in [0.05, 0.1) is 5.02 Å². The molecule has 0 amide bonds. The maximum atomic E-state index is 13.3. The van der Waals surface area contributed by atoms with Crippen LogP contribution in [-0.2, 0) is 6.54 Å². The quantitative estimate of drug-likeness (QED) is 0.881. The molecule has 1 aliphatic heterocycles. The normalized spacial score (nSPS) is 25.0. The Hall–Kier alpha value is -0.640. The zero-order valence-electron chi connectivity index (χ0n) is 13.2. The fourth-order valence-electron chi connectivity index (χ4n) is 3.02. The highest BCUT2D eigenvalue weighted by atomic mass is 35.5. The first-order chi connectivity index (χ1) is 10.0. The van der Waals surface area contributed by atoms with Gasteiger partial charge in [-0.3, -0.25) is 4.90 Å². The lowest BCUT2D eigenvalue weighted by Crippen LogP contribution is -2.57. The van der Waals surface area contributed by atoms with Gasteiger partial charge in [-0.2, -0.15) is 0 Å². The van der Waals surface area contributed by atoms with Crippen molar-refractivity contribution in [1.82, 2.24) is 10.2 Å². The summed E-state index contributed by atoms with van der Waals surface area (Å²) in [6, 6.07) is 6.13. The lowest BCUT2D eigenvalue weighted by Gasteiger charge is -2.42. The maximum Gasteiger partial charge on any atom is 0.141 e. The second kappa shape index (κ2) is 7.57. The van der Waals surface area contributed by atoms with Crippen LogP contribution < -0.4 is 5.32 Å². The largest absolute Gasteiger partial charge is 0.311 e. The van der Waals surface area contributed by atoms with Crippen molar-refractivity contribution >= 4 is 11.6 Å². The van der Waals surface area contributed by atoms with Gasteiger partial charge >= 0.3 is 0 Å². The van der Waals surface area contributed by atoms with Gasteiger partial charge < -0.3 is 5.32 Å². The molecule has 1 fully saturated rings. The molecule has 1 aromatic rings. The van der Waals surface area contributed by atoms with Crippen molar-refractivity contribution in [3.8, 4) is 0 Å². The molecule has 0 aliphatic carbocycles. The SMILES string of the molecule is CCC(C)C1CN(Cc2ccc(F)c(Cl)c2)C(CC)CN1. The predicted molar refractivity (Wildman–Crippen MR) is 87.1 cm³/mol. The van der Waals surface area contributed by atoms with Gasteiger partial charge in [-0.25, -0.2) is 4.39 Å². The van der Waals surface area contributed by atoms with Gasteiger partial charge in [0.1, 0.15) is 5.82 Å². The summed E-state index contributed by atoms with van der Waals surface area (Å²) in [6.07, 6.45) is 2.31. The number of benzene rings is 1. The average Bonchev–Trinajstić information content (AvgIpc) is 2.50. The Morgan fingerprint density at radius 3 is 2.81 bits per heavy atom. The van der Waals surface area contributed by atoms with Crippen molar-refractivity contribution < 1.29 is 4.39 Å². The summed E-state index contributed by atoms with van der Waals surface area (Å²) in [5.74, 6) is 0.326. The molecule has 1 aliphatic rings. The van der Waals surface area contributed by atoms with Gasteiger partial charge in [0.15, 0.2) is 0 Å². The summed E-state index contributed by atoms with van der Waals surface area (Å²) in [6.45, 7) is 9.68. The Kier molecular flexibility index (Phi) is 6.03. The summed E-state index contributed by atoms with van der Waals surface area (Å²) in [5, 5.41) is 3.90. The van der Waals surface area contributed by atoms with Gasteiger partial charge in [0.25, 0.3) is 0 Å². The molecule has 1 N–H and O–H groups in total. The van der Waals surface area contributed by atoms with Gasteiger partial charge in [-0.05, 0) is 30.0 Å². The zero-order valence-corrected chi connectivity index (χ0v) is 14.0. The number of piperazine rings is 1. The lowest BCUT2D eigenvalue weighted by atomic mass is 9.94. The molecule has 2 nitrogen and oxygen atoms in total. The first-order valence-corrected chi connectivity index (χ1v) is 8.34. The molecule has 2 rings (SSSR count). The van der Waals surface area contributed by atoms with E-state index in [1.165, 1.54) is 12.5 Å². The van der Waals surface area contributed by atoms with E-state index < -0.39 is 0 Å². The predicted octanol–water partition coefficient (Wildman–Crippen LogP) is 4.08. The number of nitrogens with zero attached hydrogens (tertiary/aromatic N) is 1. The molecule has 21 heavy (non-hydrogen) atoms. The highest BCUT2D eigenvalue weighted by Gasteiger charge is 2.29. The number of rotatable bonds is 5. The minimum Gasteiger partial charge on any atom is -0.311 e. The molecule has 0 radical (unpaired) electrons. The summed E-state index contributed by atoms with van der Waals surface area (Å²) < 4.78 is 13.3. The third-order valence-electron chi connectivity index (χ3n) is 4.74. The molecular weight excluding hydrogens is 287 g/mol. The highest BCUT2D eigenvalue weighted by Crippen LogP contribution is 2.22. The molecule has 118 valence electrons. The Morgan fingerprint density at radius 2 is 2.19 bits per heavy atom. The number of hydrogen-bond acceptors (Lipinski definition) is 2. The van der Waals surface area contributed by atoms with Gasteiger partial charge in [-0.1, -0.05) is 44.9 Å². The van der Waals surface area contributed by atoms with Crippen molar-refractivity contribution in [2.45, 2.75) is 52.2 Å². The van der Waals surface area contributed by atoms with E-state index in [1.807, 2.05) is 6.07 Å². The summed E-state index contributed by atoms with van der Waals surface area (Å²) in [7, 11) is 0. The van der Waals surface area contributed by atoms with E-state index in [1.54, 1.807) is 6.07 Å². The van der Waals surface area contributed by atoms with Gasteiger partial charge in [0.2, 0.25) is 0 Å². The fourth-order valence-corrected chi connectivity index (χ4v) is 3.22. The van der Waals surface area contributed by atoms with E-state index in [0.717, 1.165) is 31.6 Å². The minimum atomic E-state index is -0.342. The Morgan fingerprint density at radius 1 is 1.43 bits per heavy atom. The van der Waals surface area contributed by atoms with Crippen molar-refractivity contribution in [2.75, 3.05) is 13.1 Å². The fraction of sp³-hybridized carbons (Fsp3) is 0.647. The molecule has 0 spiro atoms. The summed E-state index contributed by atoms with van der Waals surface area (Å²) >= 11 is 5.90. The van der Waals surface area contributed by atoms with Crippen LogP contribution in [0.15, 0.2) is 18.2 Å². The maximum absolute atomic E-state index is 13.3. The lowest BCUT2D eigenvalue weighted by molar-refractivity contribution is 0.0993. The van der Waals surface area contributed by atoms with Crippen LogP contribution in [0.25, 0.3) is 0 Å².